The van der Waals surface area contributed by atoms with E-state index in [0.717, 1.165) is 30.7 Å². The fourth-order valence-corrected chi connectivity index (χ4v) is 2.21. The van der Waals surface area contributed by atoms with Crippen LogP contribution in [0.15, 0.2) is 6.07 Å². The zero-order valence-corrected chi connectivity index (χ0v) is 8.21. The van der Waals surface area contributed by atoms with Gasteiger partial charge in [0.25, 0.3) is 0 Å². The first-order valence-corrected chi connectivity index (χ1v) is 4.85. The van der Waals surface area contributed by atoms with Crippen molar-refractivity contribution in [2.45, 2.75) is 26.2 Å². The monoisotopic (exact) mass is 177 g/mol. The summed E-state index contributed by atoms with van der Waals surface area (Å²) in [7, 11) is 1.98. The largest absolute Gasteiger partial charge is 0.345 e. The van der Waals surface area contributed by atoms with E-state index in [1.165, 1.54) is 17.7 Å². The molecule has 0 spiro atoms. The summed E-state index contributed by atoms with van der Waals surface area (Å²) in [5.41, 5.74) is 3.56. The van der Waals surface area contributed by atoms with Crippen LogP contribution in [0.4, 0.5) is 0 Å². The van der Waals surface area contributed by atoms with Crippen LogP contribution in [-0.2, 0) is 19.9 Å². The van der Waals surface area contributed by atoms with Gasteiger partial charge in [-0.05, 0) is 36.8 Å². The van der Waals surface area contributed by atoms with E-state index in [-0.39, 0.29) is 0 Å². The molecule has 0 bridgehead atoms. The average Bonchev–Trinajstić information content (AvgIpc) is 2.42. The lowest BCUT2D eigenvalue weighted by Gasteiger charge is -2.19. The molecule has 1 unspecified atom stereocenters. The molecule has 0 aliphatic heterocycles. The number of carbonyl (C=O) groups is 1. The Bertz CT molecular complexity index is 338. The van der Waals surface area contributed by atoms with E-state index in [1.54, 1.807) is 0 Å². The maximum absolute atomic E-state index is 10.7. The summed E-state index contributed by atoms with van der Waals surface area (Å²) in [6.07, 6.45) is 4.46. The smallest absolute Gasteiger partial charge is 0.166 e. The minimum Gasteiger partial charge on any atom is -0.345 e. The number of aromatic nitrogens is 1. The third kappa shape index (κ3) is 1.30. The number of nitrogens with zero attached hydrogens (tertiary/aromatic N) is 1. The van der Waals surface area contributed by atoms with Crippen molar-refractivity contribution in [1.29, 1.82) is 0 Å². The van der Waals surface area contributed by atoms with Crippen LogP contribution in [0.2, 0.25) is 0 Å². The van der Waals surface area contributed by atoms with Gasteiger partial charge in [0.05, 0.1) is 5.69 Å². The Morgan fingerprint density at radius 3 is 3.08 bits per heavy atom. The van der Waals surface area contributed by atoms with Gasteiger partial charge in [-0.25, -0.2) is 0 Å². The SMILES string of the molecule is CC1CCc2c(cc(C=O)n2C)C1. The Hall–Kier alpha value is -1.05. The molecule has 1 aromatic rings. The zero-order chi connectivity index (χ0) is 9.42. The summed E-state index contributed by atoms with van der Waals surface area (Å²) in [6.45, 7) is 2.27. The first-order chi connectivity index (χ1) is 6.22. The van der Waals surface area contributed by atoms with Crippen LogP contribution in [0.1, 0.15) is 35.1 Å². The Balaban J connectivity index is 2.45. The van der Waals surface area contributed by atoms with Crippen molar-refractivity contribution < 1.29 is 4.79 Å². The summed E-state index contributed by atoms with van der Waals surface area (Å²) in [6, 6.07) is 2.04. The minimum atomic E-state index is 0.773. The summed E-state index contributed by atoms with van der Waals surface area (Å²) >= 11 is 0. The molecule has 0 N–H and O–H groups in total. The number of fused-ring (bicyclic) bond motifs is 1. The third-order valence-electron chi connectivity index (χ3n) is 3.05. The van der Waals surface area contributed by atoms with Gasteiger partial charge in [0.15, 0.2) is 6.29 Å². The molecule has 0 aromatic carbocycles. The van der Waals surface area contributed by atoms with Crippen molar-refractivity contribution in [1.82, 2.24) is 4.57 Å². The van der Waals surface area contributed by atoms with Gasteiger partial charge in [-0.15, -0.1) is 0 Å². The lowest BCUT2D eigenvalue weighted by Crippen LogP contribution is -2.12. The molecule has 70 valence electrons. The van der Waals surface area contributed by atoms with Crippen LogP contribution in [0.5, 0.6) is 0 Å². The molecule has 2 rings (SSSR count). The Morgan fingerprint density at radius 2 is 2.38 bits per heavy atom. The fourth-order valence-electron chi connectivity index (χ4n) is 2.21. The quantitative estimate of drug-likeness (QED) is 0.601. The van der Waals surface area contributed by atoms with E-state index >= 15 is 0 Å². The molecule has 0 saturated carbocycles. The van der Waals surface area contributed by atoms with Crippen LogP contribution in [0, 0.1) is 5.92 Å². The van der Waals surface area contributed by atoms with E-state index in [2.05, 4.69) is 6.92 Å². The number of hydrogen-bond donors (Lipinski definition) is 0. The molecule has 0 saturated heterocycles. The summed E-state index contributed by atoms with van der Waals surface area (Å²) in [5, 5.41) is 0. The van der Waals surface area contributed by atoms with E-state index in [9.17, 15) is 4.79 Å². The highest BCUT2D eigenvalue weighted by atomic mass is 16.1. The van der Waals surface area contributed by atoms with Crippen LogP contribution < -0.4 is 0 Å². The van der Waals surface area contributed by atoms with E-state index in [1.807, 2.05) is 17.7 Å². The van der Waals surface area contributed by atoms with E-state index in [4.69, 9.17) is 0 Å². The predicted octanol–water partition coefficient (Wildman–Crippen LogP) is 1.96. The summed E-state index contributed by atoms with van der Waals surface area (Å²) in [5.74, 6) is 0.773. The number of aldehydes is 1. The van der Waals surface area contributed by atoms with Gasteiger partial charge in [0.2, 0.25) is 0 Å². The minimum absolute atomic E-state index is 0.773. The van der Waals surface area contributed by atoms with Crippen LogP contribution in [0.3, 0.4) is 0 Å². The highest BCUT2D eigenvalue weighted by Gasteiger charge is 2.19. The highest BCUT2D eigenvalue weighted by Crippen LogP contribution is 2.26. The molecule has 1 aliphatic carbocycles. The lowest BCUT2D eigenvalue weighted by molar-refractivity contribution is 0.111. The molecule has 2 nitrogen and oxygen atoms in total. The molecule has 0 amide bonds. The topological polar surface area (TPSA) is 22.0 Å². The molecular weight excluding hydrogens is 162 g/mol. The first kappa shape index (κ1) is 8.54. The fraction of sp³-hybridized carbons (Fsp3) is 0.545. The molecule has 0 radical (unpaired) electrons. The number of rotatable bonds is 1. The average molecular weight is 177 g/mol. The maximum atomic E-state index is 10.7. The predicted molar refractivity (Wildman–Crippen MR) is 52.0 cm³/mol. The standard InChI is InChI=1S/C11H15NO/c1-8-3-4-11-9(5-8)6-10(7-13)12(11)2/h6-8H,3-5H2,1-2H3. The Kier molecular flexibility index (Phi) is 1.98. The van der Waals surface area contributed by atoms with Crippen molar-refractivity contribution in [3.05, 3.63) is 23.0 Å². The van der Waals surface area contributed by atoms with Crippen LogP contribution in [-0.4, -0.2) is 10.9 Å². The van der Waals surface area contributed by atoms with Gasteiger partial charge in [-0.2, -0.15) is 0 Å². The van der Waals surface area contributed by atoms with Crippen molar-refractivity contribution in [2.24, 2.45) is 13.0 Å². The van der Waals surface area contributed by atoms with Gasteiger partial charge in [0, 0.05) is 12.7 Å². The second-order valence-electron chi connectivity index (χ2n) is 4.07. The summed E-state index contributed by atoms with van der Waals surface area (Å²) in [4.78, 5) is 10.7. The molecule has 1 atom stereocenters. The maximum Gasteiger partial charge on any atom is 0.166 e. The number of hydrogen-bond acceptors (Lipinski definition) is 1. The second kappa shape index (κ2) is 3.02. The van der Waals surface area contributed by atoms with Crippen LogP contribution in [0.25, 0.3) is 0 Å². The molecule has 0 fully saturated rings. The zero-order valence-electron chi connectivity index (χ0n) is 8.21. The van der Waals surface area contributed by atoms with E-state index < -0.39 is 0 Å². The second-order valence-corrected chi connectivity index (χ2v) is 4.07. The van der Waals surface area contributed by atoms with Crippen molar-refractivity contribution >= 4 is 6.29 Å². The van der Waals surface area contributed by atoms with Gasteiger partial charge in [0.1, 0.15) is 0 Å². The summed E-state index contributed by atoms with van der Waals surface area (Å²) < 4.78 is 2.04. The normalized spacial score (nSPS) is 21.2. The Morgan fingerprint density at radius 1 is 1.62 bits per heavy atom. The van der Waals surface area contributed by atoms with Crippen molar-refractivity contribution in [3.63, 3.8) is 0 Å². The van der Waals surface area contributed by atoms with Gasteiger partial charge >= 0.3 is 0 Å². The van der Waals surface area contributed by atoms with Crippen molar-refractivity contribution in [3.8, 4) is 0 Å². The third-order valence-corrected chi connectivity index (χ3v) is 3.05. The Labute approximate surface area is 78.6 Å². The highest BCUT2D eigenvalue weighted by molar-refractivity contribution is 5.73. The molecule has 1 heterocycles. The van der Waals surface area contributed by atoms with Gasteiger partial charge in [-0.3, -0.25) is 4.79 Å². The van der Waals surface area contributed by atoms with Gasteiger partial charge < -0.3 is 4.57 Å². The lowest BCUT2D eigenvalue weighted by atomic mass is 9.89. The molecule has 1 aromatic heterocycles. The van der Waals surface area contributed by atoms with Crippen molar-refractivity contribution in [2.75, 3.05) is 0 Å². The molecular formula is C11H15NO. The molecule has 1 aliphatic rings. The molecule has 2 heteroatoms. The van der Waals surface area contributed by atoms with Gasteiger partial charge in [-0.1, -0.05) is 6.92 Å². The van der Waals surface area contributed by atoms with Crippen LogP contribution >= 0.6 is 0 Å². The number of carbonyl (C=O) groups excluding carboxylic acids is 1. The van der Waals surface area contributed by atoms with E-state index in [0.29, 0.717) is 0 Å². The molecule has 13 heavy (non-hydrogen) atoms. The first-order valence-electron chi connectivity index (χ1n) is 4.85.